The van der Waals surface area contributed by atoms with Gasteiger partial charge in [-0.15, -0.1) is 0 Å². The summed E-state index contributed by atoms with van der Waals surface area (Å²) >= 11 is 0. The second-order valence-corrected chi connectivity index (χ2v) is 7.67. The Morgan fingerprint density at radius 3 is 1.32 bits per heavy atom. The second-order valence-electron chi connectivity index (χ2n) is 7.67. The number of ether oxygens (including phenoxy) is 1. The highest BCUT2D eigenvalue weighted by Crippen LogP contribution is 2.24. The van der Waals surface area contributed by atoms with Crippen molar-refractivity contribution in [3.63, 3.8) is 0 Å². The Balaban J connectivity index is 1.36. The van der Waals surface area contributed by atoms with E-state index in [0.717, 1.165) is 0 Å². The van der Waals surface area contributed by atoms with Crippen LogP contribution >= 0.6 is 0 Å². The van der Waals surface area contributed by atoms with Crippen LogP contribution in [0, 0.1) is 20.2 Å². The van der Waals surface area contributed by atoms with Crippen molar-refractivity contribution in [2.24, 2.45) is 0 Å². The van der Waals surface area contributed by atoms with E-state index in [1.54, 1.807) is 60.7 Å². The molecule has 184 valence electrons. The van der Waals surface area contributed by atoms with E-state index in [4.69, 9.17) is 4.74 Å². The van der Waals surface area contributed by atoms with Gasteiger partial charge in [0, 0.05) is 46.8 Å². The zero-order valence-corrected chi connectivity index (χ0v) is 19.0. The molecule has 0 aliphatic heterocycles. The minimum absolute atomic E-state index is 0.130. The molecule has 2 N–H and O–H groups in total. The van der Waals surface area contributed by atoms with Crippen LogP contribution in [0.5, 0.6) is 11.5 Å². The monoisotopic (exact) mass is 498 g/mol. The van der Waals surface area contributed by atoms with E-state index in [-0.39, 0.29) is 11.4 Å². The van der Waals surface area contributed by atoms with Crippen molar-refractivity contribution in [3.05, 3.63) is 128 Å². The van der Waals surface area contributed by atoms with Gasteiger partial charge >= 0.3 is 0 Å². The zero-order chi connectivity index (χ0) is 26.4. The van der Waals surface area contributed by atoms with Crippen LogP contribution < -0.4 is 15.4 Å². The van der Waals surface area contributed by atoms with Gasteiger partial charge in [-0.05, 0) is 60.7 Å². The number of non-ortho nitro benzene ring substituents is 2. The number of hydrogen-bond donors (Lipinski definition) is 2. The van der Waals surface area contributed by atoms with E-state index in [9.17, 15) is 29.8 Å². The fraction of sp³-hybridized carbons (Fsp3) is 0. The van der Waals surface area contributed by atoms with Gasteiger partial charge in [-0.25, -0.2) is 0 Å². The molecule has 0 spiro atoms. The smallest absolute Gasteiger partial charge is 0.271 e. The van der Waals surface area contributed by atoms with E-state index in [1.807, 2.05) is 0 Å². The normalized spacial score (nSPS) is 10.3. The SMILES string of the molecule is O=C(Nc1cccc([N+](=O)[O-])c1)c1ccc(Oc2ccc(C(=O)Nc3cccc([N+](=O)[O-])c3)cc2)cc1. The lowest BCUT2D eigenvalue weighted by atomic mass is 10.2. The molecular weight excluding hydrogens is 480 g/mol. The predicted octanol–water partition coefficient (Wildman–Crippen LogP) is 5.80. The lowest BCUT2D eigenvalue weighted by molar-refractivity contribution is -0.385. The number of carbonyl (C=O) groups excluding carboxylic acids is 2. The summed E-state index contributed by atoms with van der Waals surface area (Å²) in [6, 6.07) is 23.8. The average Bonchev–Trinajstić information content (AvgIpc) is 2.89. The third kappa shape index (κ3) is 6.31. The van der Waals surface area contributed by atoms with Crippen LogP contribution in [0.3, 0.4) is 0 Å². The molecule has 0 unspecified atom stereocenters. The molecule has 11 nitrogen and oxygen atoms in total. The first-order chi connectivity index (χ1) is 17.8. The molecule has 0 fully saturated rings. The van der Waals surface area contributed by atoms with Crippen LogP contribution in [0.2, 0.25) is 0 Å². The number of amides is 2. The van der Waals surface area contributed by atoms with Gasteiger partial charge in [0.2, 0.25) is 0 Å². The fourth-order valence-corrected chi connectivity index (χ4v) is 3.29. The predicted molar refractivity (Wildman–Crippen MR) is 135 cm³/mol. The summed E-state index contributed by atoms with van der Waals surface area (Å²) in [5, 5.41) is 27.0. The molecule has 0 atom stereocenters. The van der Waals surface area contributed by atoms with E-state index in [2.05, 4.69) is 10.6 Å². The highest BCUT2D eigenvalue weighted by atomic mass is 16.6. The standard InChI is InChI=1S/C26H18N4O7/c31-25(27-19-3-1-5-21(15-19)29(33)34)17-7-11-23(12-8-17)37-24-13-9-18(10-14-24)26(32)28-20-4-2-6-22(16-20)30(35)36/h1-16H,(H,27,31)(H,28,32). The van der Waals surface area contributed by atoms with Crippen molar-refractivity contribution in [2.75, 3.05) is 10.6 Å². The van der Waals surface area contributed by atoms with E-state index in [1.165, 1.54) is 36.4 Å². The minimum atomic E-state index is -0.544. The first-order valence-corrected chi connectivity index (χ1v) is 10.8. The Hall–Kier alpha value is -5.58. The van der Waals surface area contributed by atoms with Gasteiger partial charge in [0.15, 0.2) is 0 Å². The van der Waals surface area contributed by atoms with E-state index < -0.39 is 21.7 Å². The number of nitrogens with one attached hydrogen (secondary N) is 2. The maximum Gasteiger partial charge on any atom is 0.271 e. The summed E-state index contributed by atoms with van der Waals surface area (Å²) in [6.07, 6.45) is 0. The largest absolute Gasteiger partial charge is 0.457 e. The summed E-state index contributed by atoms with van der Waals surface area (Å²) in [5.74, 6) is 0.0127. The molecule has 0 heterocycles. The van der Waals surface area contributed by atoms with Crippen molar-refractivity contribution >= 4 is 34.6 Å². The Labute approximate surface area is 209 Å². The number of nitro groups is 2. The first-order valence-electron chi connectivity index (χ1n) is 10.8. The van der Waals surface area contributed by atoms with Crippen molar-refractivity contribution < 1.29 is 24.2 Å². The molecule has 0 aromatic heterocycles. The van der Waals surface area contributed by atoms with Gasteiger partial charge in [-0.3, -0.25) is 29.8 Å². The molecule has 11 heteroatoms. The molecule has 4 rings (SSSR count). The molecule has 0 aliphatic rings. The van der Waals surface area contributed by atoms with Crippen LogP contribution in [-0.2, 0) is 0 Å². The van der Waals surface area contributed by atoms with Gasteiger partial charge < -0.3 is 15.4 Å². The quantitative estimate of drug-likeness (QED) is 0.230. The second kappa shape index (κ2) is 10.8. The highest BCUT2D eigenvalue weighted by Gasteiger charge is 2.12. The lowest BCUT2D eigenvalue weighted by Crippen LogP contribution is -2.12. The Morgan fingerprint density at radius 2 is 0.973 bits per heavy atom. The molecule has 4 aromatic carbocycles. The maximum absolute atomic E-state index is 12.5. The Morgan fingerprint density at radius 1 is 0.595 bits per heavy atom. The molecule has 0 saturated heterocycles. The number of benzene rings is 4. The van der Waals surface area contributed by atoms with E-state index in [0.29, 0.717) is 34.0 Å². The fourth-order valence-electron chi connectivity index (χ4n) is 3.29. The third-order valence-electron chi connectivity index (χ3n) is 5.10. The highest BCUT2D eigenvalue weighted by molar-refractivity contribution is 6.05. The number of hydrogen-bond acceptors (Lipinski definition) is 7. The molecule has 2 amide bonds. The molecular formula is C26H18N4O7. The molecule has 0 radical (unpaired) electrons. The number of nitrogens with zero attached hydrogens (tertiary/aromatic N) is 2. The van der Waals surface area contributed by atoms with E-state index >= 15 is 0 Å². The van der Waals surface area contributed by atoms with Crippen molar-refractivity contribution in [1.82, 2.24) is 0 Å². The molecule has 4 aromatic rings. The van der Waals surface area contributed by atoms with Crippen molar-refractivity contribution in [3.8, 4) is 11.5 Å². The molecule has 0 bridgehead atoms. The van der Waals surface area contributed by atoms with Crippen molar-refractivity contribution in [1.29, 1.82) is 0 Å². The molecule has 0 aliphatic carbocycles. The zero-order valence-electron chi connectivity index (χ0n) is 19.0. The number of rotatable bonds is 8. The van der Waals surface area contributed by atoms with Crippen LogP contribution in [0.15, 0.2) is 97.1 Å². The average molecular weight is 498 g/mol. The van der Waals surface area contributed by atoms with Gasteiger partial charge in [0.05, 0.1) is 9.85 Å². The molecule has 37 heavy (non-hydrogen) atoms. The van der Waals surface area contributed by atoms with Gasteiger partial charge in [0.1, 0.15) is 11.5 Å². The Kier molecular flexibility index (Phi) is 7.15. The summed E-state index contributed by atoms with van der Waals surface area (Å²) in [6.45, 7) is 0. The maximum atomic E-state index is 12.5. The Bertz CT molecular complexity index is 1370. The van der Waals surface area contributed by atoms with Gasteiger partial charge in [-0.2, -0.15) is 0 Å². The third-order valence-corrected chi connectivity index (χ3v) is 5.10. The first kappa shape index (κ1) is 24.5. The van der Waals surface area contributed by atoms with Crippen LogP contribution in [0.1, 0.15) is 20.7 Å². The van der Waals surface area contributed by atoms with Crippen LogP contribution in [0.4, 0.5) is 22.7 Å². The van der Waals surface area contributed by atoms with Crippen LogP contribution in [-0.4, -0.2) is 21.7 Å². The number of nitro benzene ring substituents is 2. The minimum Gasteiger partial charge on any atom is -0.457 e. The van der Waals surface area contributed by atoms with Gasteiger partial charge in [-0.1, -0.05) is 12.1 Å². The van der Waals surface area contributed by atoms with Gasteiger partial charge in [0.25, 0.3) is 23.2 Å². The summed E-state index contributed by atoms with van der Waals surface area (Å²) in [5.41, 5.74) is 0.991. The molecule has 0 saturated carbocycles. The lowest BCUT2D eigenvalue weighted by Gasteiger charge is -2.09. The summed E-state index contributed by atoms with van der Waals surface area (Å²) < 4.78 is 5.76. The number of anilines is 2. The van der Waals surface area contributed by atoms with Crippen LogP contribution in [0.25, 0.3) is 0 Å². The summed E-state index contributed by atoms with van der Waals surface area (Å²) in [4.78, 5) is 45.6. The number of carbonyl (C=O) groups is 2. The van der Waals surface area contributed by atoms with Crippen molar-refractivity contribution in [2.45, 2.75) is 0 Å². The topological polar surface area (TPSA) is 154 Å². The summed E-state index contributed by atoms with van der Waals surface area (Å²) in [7, 11) is 0.